The van der Waals surface area contributed by atoms with E-state index in [1.54, 1.807) is 0 Å². The molecule has 2 unspecified atom stereocenters. The van der Waals surface area contributed by atoms with Crippen molar-refractivity contribution in [2.75, 3.05) is 25.9 Å². The predicted octanol–water partition coefficient (Wildman–Crippen LogP) is -0.219. The van der Waals surface area contributed by atoms with Crippen LogP contribution in [0.1, 0.15) is 13.3 Å². The molecule has 1 heterocycles. The minimum absolute atomic E-state index is 0.434. The highest BCUT2D eigenvalue weighted by atomic mass is 32.2. The first-order valence-corrected chi connectivity index (χ1v) is 6.53. The van der Waals surface area contributed by atoms with Crippen LogP contribution in [-0.2, 0) is 10.0 Å². The maximum atomic E-state index is 10.8. The molecule has 2 N–H and O–H groups in total. The Hall–Kier alpha value is -0.130. The van der Waals surface area contributed by atoms with E-state index in [0.29, 0.717) is 18.4 Å². The second-order valence-corrected chi connectivity index (χ2v) is 5.68. The van der Waals surface area contributed by atoms with Crippen molar-refractivity contribution in [3.8, 4) is 0 Å². The lowest BCUT2D eigenvalue weighted by Gasteiger charge is -2.29. The summed E-state index contributed by atoms with van der Waals surface area (Å²) in [5.41, 5.74) is 0. The molecule has 1 rings (SSSR count). The predicted molar refractivity (Wildman–Crippen MR) is 53.0 cm³/mol. The van der Waals surface area contributed by atoms with E-state index in [0.717, 1.165) is 19.5 Å². The Morgan fingerprint density at radius 3 is 2.77 bits per heavy atom. The van der Waals surface area contributed by atoms with Crippen LogP contribution in [0.5, 0.6) is 0 Å². The molecule has 0 aromatic rings. The van der Waals surface area contributed by atoms with Crippen molar-refractivity contribution in [2.24, 2.45) is 11.8 Å². The Labute approximate surface area is 80.1 Å². The van der Waals surface area contributed by atoms with Gasteiger partial charge >= 0.3 is 0 Å². The molecule has 2 atom stereocenters. The molecule has 0 saturated carbocycles. The average Bonchev–Trinajstić information content (AvgIpc) is 2.01. The van der Waals surface area contributed by atoms with E-state index in [-0.39, 0.29) is 0 Å². The van der Waals surface area contributed by atoms with Crippen LogP contribution in [0.25, 0.3) is 0 Å². The van der Waals surface area contributed by atoms with E-state index < -0.39 is 10.0 Å². The summed E-state index contributed by atoms with van der Waals surface area (Å²) in [4.78, 5) is 0. The van der Waals surface area contributed by atoms with Crippen LogP contribution in [0.4, 0.5) is 0 Å². The van der Waals surface area contributed by atoms with Gasteiger partial charge in [0.2, 0.25) is 10.0 Å². The number of sulfonamides is 1. The van der Waals surface area contributed by atoms with E-state index in [2.05, 4.69) is 17.0 Å². The van der Waals surface area contributed by atoms with E-state index >= 15 is 0 Å². The molecule has 0 radical (unpaired) electrons. The van der Waals surface area contributed by atoms with Gasteiger partial charge in [0, 0.05) is 6.54 Å². The molecule has 4 nitrogen and oxygen atoms in total. The maximum Gasteiger partial charge on any atom is 0.208 e. The van der Waals surface area contributed by atoms with E-state index in [1.807, 2.05) is 0 Å². The summed E-state index contributed by atoms with van der Waals surface area (Å²) in [6, 6.07) is 0. The van der Waals surface area contributed by atoms with Crippen LogP contribution in [-0.4, -0.2) is 34.3 Å². The fraction of sp³-hybridized carbons (Fsp3) is 1.00. The zero-order valence-electron chi connectivity index (χ0n) is 8.21. The smallest absolute Gasteiger partial charge is 0.208 e. The van der Waals surface area contributed by atoms with Gasteiger partial charge in [0.15, 0.2) is 0 Å². The zero-order valence-corrected chi connectivity index (χ0v) is 9.02. The first-order chi connectivity index (χ1) is 5.99. The van der Waals surface area contributed by atoms with Gasteiger partial charge in [-0.1, -0.05) is 6.92 Å². The zero-order chi connectivity index (χ0) is 9.90. The summed E-state index contributed by atoms with van der Waals surface area (Å²) < 4.78 is 24.3. The van der Waals surface area contributed by atoms with Crippen molar-refractivity contribution < 1.29 is 8.42 Å². The highest BCUT2D eigenvalue weighted by molar-refractivity contribution is 7.88. The number of hydrogen-bond donors (Lipinski definition) is 2. The van der Waals surface area contributed by atoms with Crippen molar-refractivity contribution >= 4 is 10.0 Å². The molecular weight excluding hydrogens is 188 g/mol. The summed E-state index contributed by atoms with van der Waals surface area (Å²) in [6.45, 7) is 4.71. The quantitative estimate of drug-likeness (QED) is 0.671. The Bertz CT molecular complexity index is 251. The highest BCUT2D eigenvalue weighted by Crippen LogP contribution is 2.17. The van der Waals surface area contributed by atoms with Crippen LogP contribution < -0.4 is 10.0 Å². The second kappa shape index (κ2) is 4.39. The average molecular weight is 206 g/mol. The molecule has 0 amide bonds. The van der Waals surface area contributed by atoms with Crippen molar-refractivity contribution in [1.29, 1.82) is 0 Å². The molecule has 0 spiro atoms. The minimum atomic E-state index is -3.02. The Kier molecular flexibility index (Phi) is 3.70. The summed E-state index contributed by atoms with van der Waals surface area (Å²) in [7, 11) is -3.02. The topological polar surface area (TPSA) is 58.2 Å². The largest absolute Gasteiger partial charge is 0.316 e. The number of piperidine rings is 1. The summed E-state index contributed by atoms with van der Waals surface area (Å²) >= 11 is 0. The maximum absolute atomic E-state index is 10.8. The summed E-state index contributed by atoms with van der Waals surface area (Å²) in [6.07, 6.45) is 2.34. The number of hydrogen-bond acceptors (Lipinski definition) is 3. The van der Waals surface area contributed by atoms with Gasteiger partial charge in [0.1, 0.15) is 0 Å². The molecular formula is C8H18N2O2S. The van der Waals surface area contributed by atoms with Crippen LogP contribution >= 0.6 is 0 Å². The normalized spacial score (nSPS) is 30.3. The molecule has 1 fully saturated rings. The standard InChI is InChI=1S/C8H18N2O2S/c1-7-3-4-9-5-8(7)6-10-13(2,11)12/h7-10H,3-6H2,1-2H3. The molecule has 78 valence electrons. The van der Waals surface area contributed by atoms with Gasteiger partial charge < -0.3 is 5.32 Å². The second-order valence-electron chi connectivity index (χ2n) is 3.85. The lowest BCUT2D eigenvalue weighted by Crippen LogP contribution is -2.41. The van der Waals surface area contributed by atoms with Gasteiger partial charge in [0.25, 0.3) is 0 Å². The highest BCUT2D eigenvalue weighted by Gasteiger charge is 2.21. The number of rotatable bonds is 3. The molecule has 0 aromatic carbocycles. The van der Waals surface area contributed by atoms with E-state index in [1.165, 1.54) is 6.26 Å². The number of nitrogens with one attached hydrogen (secondary N) is 2. The Morgan fingerprint density at radius 1 is 1.54 bits per heavy atom. The lowest BCUT2D eigenvalue weighted by atomic mass is 9.88. The van der Waals surface area contributed by atoms with Gasteiger partial charge in [-0.2, -0.15) is 0 Å². The van der Waals surface area contributed by atoms with Crippen molar-refractivity contribution in [1.82, 2.24) is 10.0 Å². The third kappa shape index (κ3) is 4.06. The Morgan fingerprint density at radius 2 is 2.23 bits per heavy atom. The van der Waals surface area contributed by atoms with Crippen molar-refractivity contribution in [3.05, 3.63) is 0 Å². The van der Waals surface area contributed by atoms with Gasteiger partial charge in [-0.05, 0) is 31.3 Å². The first kappa shape index (κ1) is 10.9. The van der Waals surface area contributed by atoms with Gasteiger partial charge in [-0.15, -0.1) is 0 Å². The van der Waals surface area contributed by atoms with Crippen molar-refractivity contribution in [3.63, 3.8) is 0 Å². The molecule has 0 aliphatic carbocycles. The molecule has 1 aliphatic rings. The summed E-state index contributed by atoms with van der Waals surface area (Å²) in [5.74, 6) is 1.04. The third-order valence-corrected chi connectivity index (χ3v) is 3.29. The molecule has 5 heteroatoms. The fourth-order valence-electron chi connectivity index (χ4n) is 1.59. The monoisotopic (exact) mass is 206 g/mol. The molecule has 0 bridgehead atoms. The van der Waals surface area contributed by atoms with E-state index in [9.17, 15) is 8.42 Å². The fourth-order valence-corrected chi connectivity index (χ4v) is 2.10. The summed E-state index contributed by atoms with van der Waals surface area (Å²) in [5, 5.41) is 3.27. The lowest BCUT2D eigenvalue weighted by molar-refractivity contribution is 0.275. The van der Waals surface area contributed by atoms with Crippen molar-refractivity contribution in [2.45, 2.75) is 13.3 Å². The molecule has 1 aliphatic heterocycles. The first-order valence-electron chi connectivity index (χ1n) is 4.64. The van der Waals surface area contributed by atoms with Gasteiger partial charge in [-0.25, -0.2) is 13.1 Å². The van der Waals surface area contributed by atoms with E-state index in [4.69, 9.17) is 0 Å². The van der Waals surface area contributed by atoms with Crippen LogP contribution in [0.2, 0.25) is 0 Å². The molecule has 0 aromatic heterocycles. The SMILES string of the molecule is CC1CCNCC1CNS(C)(=O)=O. The van der Waals surface area contributed by atoms with Gasteiger partial charge in [0.05, 0.1) is 6.26 Å². The molecule has 1 saturated heterocycles. The van der Waals surface area contributed by atoms with Crippen LogP contribution in [0, 0.1) is 11.8 Å². The minimum Gasteiger partial charge on any atom is -0.316 e. The van der Waals surface area contributed by atoms with Crippen LogP contribution in [0.3, 0.4) is 0 Å². The molecule has 13 heavy (non-hydrogen) atoms. The van der Waals surface area contributed by atoms with Crippen LogP contribution in [0.15, 0.2) is 0 Å². The Balaban J connectivity index is 2.35. The third-order valence-electron chi connectivity index (χ3n) is 2.60. The van der Waals surface area contributed by atoms with Gasteiger partial charge in [-0.3, -0.25) is 0 Å².